The number of sulfone groups is 1. The van der Waals surface area contributed by atoms with Crippen molar-refractivity contribution in [1.82, 2.24) is 4.31 Å². The highest BCUT2D eigenvalue weighted by Crippen LogP contribution is 2.31. The molecule has 0 saturated carbocycles. The highest BCUT2D eigenvalue weighted by molar-refractivity contribution is 7.91. The van der Waals surface area contributed by atoms with Crippen molar-refractivity contribution in [2.45, 2.75) is 56.4 Å². The molecule has 1 saturated heterocycles. The molecule has 0 radical (unpaired) electrons. The van der Waals surface area contributed by atoms with Gasteiger partial charge in [-0.2, -0.15) is 4.31 Å². The van der Waals surface area contributed by atoms with Crippen molar-refractivity contribution in [3.63, 3.8) is 0 Å². The first-order chi connectivity index (χ1) is 13.0. The molecule has 0 aliphatic carbocycles. The minimum absolute atomic E-state index is 0.146. The van der Waals surface area contributed by atoms with Crippen LogP contribution in [0.25, 0.3) is 0 Å². The number of hydrogen-bond acceptors (Lipinski definition) is 5. The fourth-order valence-corrected chi connectivity index (χ4v) is 7.61. The molecule has 6 nitrogen and oxygen atoms in total. The van der Waals surface area contributed by atoms with E-state index < -0.39 is 25.1 Å². The Kier molecular flexibility index (Phi) is 5.76. The molecule has 2 heterocycles. The second-order valence-electron chi connectivity index (χ2n) is 7.58. The molecule has 0 spiro atoms. The van der Waals surface area contributed by atoms with Crippen molar-refractivity contribution in [1.29, 1.82) is 0 Å². The molecule has 1 fully saturated rings. The summed E-state index contributed by atoms with van der Waals surface area (Å²) in [5.41, 5.74) is 3.40. The zero-order valence-corrected chi connectivity index (χ0v) is 18.4. The molecule has 154 valence electrons. The monoisotopic (exact) mass is 425 g/mol. The van der Waals surface area contributed by atoms with E-state index in [9.17, 15) is 16.8 Å². The van der Waals surface area contributed by atoms with Gasteiger partial charge in [-0.05, 0) is 74.9 Å². The van der Waals surface area contributed by atoms with E-state index in [0.717, 1.165) is 22.3 Å². The molecule has 0 N–H and O–H groups in total. The summed E-state index contributed by atoms with van der Waals surface area (Å²) in [5.74, 6) is 0.267. The van der Waals surface area contributed by atoms with Crippen LogP contribution in [0.4, 0.5) is 0 Å². The van der Waals surface area contributed by atoms with Crippen LogP contribution in [0.3, 0.4) is 0 Å². The number of hydrogen-bond donors (Lipinski definition) is 0. The molecule has 2 aromatic rings. The van der Waals surface area contributed by atoms with E-state index in [1.165, 1.54) is 10.6 Å². The lowest BCUT2D eigenvalue weighted by Crippen LogP contribution is -2.43. The van der Waals surface area contributed by atoms with E-state index in [2.05, 4.69) is 0 Å². The fraction of sp³-hybridized carbons (Fsp3) is 0.500. The molecule has 3 rings (SSSR count). The Morgan fingerprint density at radius 2 is 1.57 bits per heavy atom. The summed E-state index contributed by atoms with van der Waals surface area (Å²) in [6.07, 6.45) is 2.05. The van der Waals surface area contributed by atoms with Crippen LogP contribution in [0.2, 0.25) is 0 Å². The molecule has 0 amide bonds. The summed E-state index contributed by atoms with van der Waals surface area (Å²) in [7, 11) is -7.05. The molecular formula is C20H27NO5S2. The Morgan fingerprint density at radius 1 is 1.00 bits per heavy atom. The molecule has 1 aromatic carbocycles. The van der Waals surface area contributed by atoms with Gasteiger partial charge >= 0.3 is 0 Å². The van der Waals surface area contributed by atoms with E-state index in [-0.39, 0.29) is 18.8 Å². The minimum atomic E-state index is -3.67. The van der Waals surface area contributed by atoms with E-state index in [4.69, 9.17) is 4.42 Å². The van der Waals surface area contributed by atoms with Gasteiger partial charge in [0, 0.05) is 13.1 Å². The quantitative estimate of drug-likeness (QED) is 0.734. The third-order valence-corrected chi connectivity index (χ3v) is 10.1. The van der Waals surface area contributed by atoms with Crippen molar-refractivity contribution in [2.24, 2.45) is 0 Å². The van der Waals surface area contributed by atoms with Gasteiger partial charge in [-0.1, -0.05) is 6.07 Å². The van der Waals surface area contributed by atoms with Crippen LogP contribution < -0.4 is 0 Å². The number of sulfonamides is 1. The minimum Gasteiger partial charge on any atom is -0.468 e. The number of aryl methyl sites for hydroxylation is 2. The van der Waals surface area contributed by atoms with Crippen LogP contribution in [0.1, 0.15) is 40.9 Å². The maximum atomic E-state index is 13.3. The summed E-state index contributed by atoms with van der Waals surface area (Å²) in [6.45, 7) is 7.89. The number of nitrogens with zero attached hydrogens (tertiary/aromatic N) is 1. The van der Waals surface area contributed by atoms with E-state index in [0.29, 0.717) is 23.5 Å². The molecular weight excluding hydrogens is 398 g/mol. The van der Waals surface area contributed by atoms with E-state index in [1.807, 2.05) is 33.8 Å². The average Bonchev–Trinajstić information content (AvgIpc) is 3.12. The Hall–Kier alpha value is -1.64. The predicted octanol–water partition coefficient (Wildman–Crippen LogP) is 3.28. The molecule has 1 aliphatic heterocycles. The summed E-state index contributed by atoms with van der Waals surface area (Å²) in [4.78, 5) is 0.363. The van der Waals surface area contributed by atoms with E-state index >= 15 is 0 Å². The Balaban J connectivity index is 1.80. The van der Waals surface area contributed by atoms with Gasteiger partial charge in [-0.3, -0.25) is 0 Å². The van der Waals surface area contributed by atoms with Crippen molar-refractivity contribution in [3.05, 3.63) is 52.5 Å². The summed E-state index contributed by atoms with van der Waals surface area (Å²) >= 11 is 0. The normalized spacial score (nSPS) is 17.1. The van der Waals surface area contributed by atoms with Crippen molar-refractivity contribution < 1.29 is 21.3 Å². The van der Waals surface area contributed by atoms with Crippen molar-refractivity contribution >= 4 is 19.9 Å². The molecule has 0 bridgehead atoms. The summed E-state index contributed by atoms with van der Waals surface area (Å²) in [5, 5.41) is -0.550. The average molecular weight is 426 g/mol. The van der Waals surface area contributed by atoms with Gasteiger partial charge in [0.15, 0.2) is 9.84 Å². The van der Waals surface area contributed by atoms with Crippen LogP contribution in [0.15, 0.2) is 33.8 Å². The standard InChI is InChI=1S/C20H27NO5S2/c1-14-12-15(2)17(4)20(16(14)3)28(24,25)21-9-7-19(8-10-21)27(22,23)13-18-6-5-11-26-18/h5-6,11-12,19H,7-10,13H2,1-4H3. The third-order valence-electron chi connectivity index (χ3n) is 5.73. The Morgan fingerprint density at radius 3 is 2.07 bits per heavy atom. The lowest BCUT2D eigenvalue weighted by Gasteiger charge is -2.32. The van der Waals surface area contributed by atoms with Crippen LogP contribution in [0, 0.1) is 27.7 Å². The maximum absolute atomic E-state index is 13.3. The van der Waals surface area contributed by atoms with Gasteiger partial charge in [0.2, 0.25) is 10.0 Å². The molecule has 1 aromatic heterocycles. The summed E-state index contributed by atoms with van der Waals surface area (Å²) < 4.78 is 58.5. The number of benzene rings is 1. The predicted molar refractivity (Wildman–Crippen MR) is 109 cm³/mol. The number of piperidine rings is 1. The first kappa shape index (κ1) is 21.1. The van der Waals surface area contributed by atoms with Crippen LogP contribution in [0.5, 0.6) is 0 Å². The third kappa shape index (κ3) is 3.90. The summed E-state index contributed by atoms with van der Waals surface area (Å²) in [6, 6.07) is 5.30. The first-order valence-corrected chi connectivity index (χ1v) is 12.5. The van der Waals surface area contributed by atoms with Crippen LogP contribution >= 0.6 is 0 Å². The maximum Gasteiger partial charge on any atom is 0.243 e. The van der Waals surface area contributed by atoms with Gasteiger partial charge in [0.1, 0.15) is 11.5 Å². The zero-order valence-electron chi connectivity index (χ0n) is 16.7. The van der Waals surface area contributed by atoms with Crippen molar-refractivity contribution in [3.8, 4) is 0 Å². The topological polar surface area (TPSA) is 84.7 Å². The van der Waals surface area contributed by atoms with Crippen LogP contribution in [-0.4, -0.2) is 39.5 Å². The van der Waals surface area contributed by atoms with Gasteiger partial charge in [0.05, 0.1) is 16.4 Å². The molecule has 28 heavy (non-hydrogen) atoms. The largest absolute Gasteiger partial charge is 0.468 e. The fourth-order valence-electron chi connectivity index (χ4n) is 3.84. The zero-order chi connectivity index (χ0) is 20.7. The molecule has 8 heteroatoms. The lowest BCUT2D eigenvalue weighted by atomic mass is 10.0. The van der Waals surface area contributed by atoms with Crippen molar-refractivity contribution in [2.75, 3.05) is 13.1 Å². The smallest absolute Gasteiger partial charge is 0.243 e. The number of furan rings is 1. The molecule has 0 atom stereocenters. The van der Waals surface area contributed by atoms with Gasteiger partial charge in [-0.15, -0.1) is 0 Å². The van der Waals surface area contributed by atoms with Crippen LogP contribution in [-0.2, 0) is 25.6 Å². The van der Waals surface area contributed by atoms with Gasteiger partial charge < -0.3 is 4.42 Å². The molecule has 0 unspecified atom stereocenters. The van der Waals surface area contributed by atoms with E-state index in [1.54, 1.807) is 12.1 Å². The second kappa shape index (κ2) is 7.65. The molecule has 1 aliphatic rings. The van der Waals surface area contributed by atoms with Gasteiger partial charge in [0.25, 0.3) is 0 Å². The second-order valence-corrected chi connectivity index (χ2v) is 11.7. The highest BCUT2D eigenvalue weighted by Gasteiger charge is 2.36. The Labute approximate surface area is 167 Å². The lowest BCUT2D eigenvalue weighted by molar-refractivity contribution is 0.344. The SMILES string of the molecule is Cc1cc(C)c(C)c(S(=O)(=O)N2CCC(S(=O)(=O)Cc3ccco3)CC2)c1C. The number of rotatable bonds is 5. The first-order valence-electron chi connectivity index (χ1n) is 9.35. The Bertz CT molecular complexity index is 1040. The highest BCUT2D eigenvalue weighted by atomic mass is 32.2. The van der Waals surface area contributed by atoms with Gasteiger partial charge in [-0.25, -0.2) is 16.8 Å².